The Balaban J connectivity index is 1.48. The minimum Gasteiger partial charge on any atom is -0.496 e. The molecule has 0 aliphatic carbocycles. The Morgan fingerprint density at radius 3 is 2.22 bits per heavy atom. The van der Waals surface area contributed by atoms with E-state index in [4.69, 9.17) is 4.74 Å². The predicted molar refractivity (Wildman–Crippen MR) is 133 cm³/mol. The molecule has 12 nitrogen and oxygen atoms in total. The van der Waals surface area contributed by atoms with E-state index in [1.807, 2.05) is 30.3 Å². The number of carbonyl (C=O) groups excluding carboxylic acids is 1. The van der Waals surface area contributed by atoms with E-state index in [0.29, 0.717) is 22.8 Å². The van der Waals surface area contributed by atoms with Gasteiger partial charge in [-0.2, -0.15) is 10.2 Å². The van der Waals surface area contributed by atoms with Gasteiger partial charge in [0.25, 0.3) is 5.91 Å². The van der Waals surface area contributed by atoms with E-state index in [2.05, 4.69) is 36.4 Å². The van der Waals surface area contributed by atoms with Crippen molar-refractivity contribution in [2.75, 3.05) is 17.9 Å². The van der Waals surface area contributed by atoms with Crippen LogP contribution < -0.4 is 20.9 Å². The third kappa shape index (κ3) is 5.75. The number of para-hydroxylation sites is 1. The summed E-state index contributed by atoms with van der Waals surface area (Å²) in [4.78, 5) is 31.6. The summed E-state index contributed by atoms with van der Waals surface area (Å²) >= 11 is 0. The second-order valence-electron chi connectivity index (χ2n) is 7.16. The van der Waals surface area contributed by atoms with Gasteiger partial charge in [-0.15, -0.1) is 0 Å². The highest BCUT2D eigenvalue weighted by Gasteiger charge is 2.24. The number of hydrogen-bond donors (Lipinski definition) is 3. The molecule has 1 aromatic heterocycles. The van der Waals surface area contributed by atoms with E-state index in [1.165, 1.54) is 7.11 Å². The molecule has 3 N–H and O–H groups in total. The van der Waals surface area contributed by atoms with Crippen molar-refractivity contribution >= 4 is 40.3 Å². The first-order valence-corrected chi connectivity index (χ1v) is 10.6. The maximum absolute atomic E-state index is 12.5. The van der Waals surface area contributed by atoms with Crippen LogP contribution in [0.3, 0.4) is 0 Å². The fourth-order valence-electron chi connectivity index (χ4n) is 3.11. The van der Waals surface area contributed by atoms with Gasteiger partial charge in [-0.1, -0.05) is 30.3 Å². The van der Waals surface area contributed by atoms with E-state index < -0.39 is 16.5 Å². The van der Waals surface area contributed by atoms with Crippen LogP contribution in [0.15, 0.2) is 95.4 Å². The molecule has 4 aromatic rings. The number of amides is 1. The maximum Gasteiger partial charge on any atom is 0.355 e. The van der Waals surface area contributed by atoms with Crippen molar-refractivity contribution in [3.8, 4) is 5.75 Å². The third-order valence-electron chi connectivity index (χ3n) is 4.82. The smallest absolute Gasteiger partial charge is 0.355 e. The van der Waals surface area contributed by atoms with Gasteiger partial charge in [0.05, 0.1) is 29.0 Å². The number of nitrogens with one attached hydrogen (secondary N) is 3. The van der Waals surface area contributed by atoms with Gasteiger partial charge in [0.1, 0.15) is 12.1 Å². The second kappa shape index (κ2) is 11.2. The molecule has 4 rings (SSSR count). The molecule has 36 heavy (non-hydrogen) atoms. The summed E-state index contributed by atoms with van der Waals surface area (Å²) in [6.45, 7) is 0. The molecule has 1 amide bonds. The molecule has 0 aliphatic rings. The number of benzene rings is 3. The second-order valence-corrected chi connectivity index (χ2v) is 7.16. The number of azo groups is 1. The predicted octanol–water partition coefficient (Wildman–Crippen LogP) is 5.31. The largest absolute Gasteiger partial charge is 0.496 e. The molecule has 0 atom stereocenters. The Hall–Kier alpha value is -5.39. The van der Waals surface area contributed by atoms with Gasteiger partial charge in [-0.3, -0.25) is 25.8 Å². The van der Waals surface area contributed by atoms with Gasteiger partial charge in [-0.25, -0.2) is 9.97 Å². The molecule has 1 heterocycles. The summed E-state index contributed by atoms with van der Waals surface area (Å²) in [5.74, 6) is -0.477. The number of methoxy groups -OCH3 is 1. The number of hydrogen-bond acceptors (Lipinski definition) is 10. The van der Waals surface area contributed by atoms with Crippen molar-refractivity contribution < 1.29 is 14.5 Å². The Labute approximate surface area is 205 Å². The Kier molecular flexibility index (Phi) is 7.36. The van der Waals surface area contributed by atoms with Gasteiger partial charge in [0.15, 0.2) is 0 Å². The zero-order valence-electron chi connectivity index (χ0n) is 19.0. The quantitative estimate of drug-likeness (QED) is 0.164. The molecule has 0 unspecified atom stereocenters. The summed E-state index contributed by atoms with van der Waals surface area (Å²) in [7, 11) is 1.44. The molecule has 180 valence electrons. The zero-order valence-corrected chi connectivity index (χ0v) is 19.0. The van der Waals surface area contributed by atoms with Crippen molar-refractivity contribution in [1.82, 2.24) is 15.4 Å². The highest BCUT2D eigenvalue weighted by atomic mass is 16.6. The van der Waals surface area contributed by atoms with Crippen molar-refractivity contribution in [3.05, 3.63) is 101 Å². The monoisotopic (exact) mass is 484 g/mol. The highest BCUT2D eigenvalue weighted by Crippen LogP contribution is 2.31. The minimum atomic E-state index is -0.650. The van der Waals surface area contributed by atoms with Gasteiger partial charge < -0.3 is 10.1 Å². The molecule has 12 heteroatoms. The van der Waals surface area contributed by atoms with Crippen molar-refractivity contribution in [1.29, 1.82) is 0 Å². The molecule has 0 spiro atoms. The van der Waals surface area contributed by atoms with Gasteiger partial charge in [-0.05, 0) is 48.5 Å². The lowest BCUT2D eigenvalue weighted by Gasteiger charge is -2.12. The number of anilines is 3. The van der Waals surface area contributed by atoms with Crippen LogP contribution in [0.5, 0.6) is 5.75 Å². The normalized spacial score (nSPS) is 10.6. The first-order valence-electron chi connectivity index (χ1n) is 10.6. The number of carbonyl (C=O) groups is 1. The lowest BCUT2D eigenvalue weighted by molar-refractivity contribution is -0.383. The topological polar surface area (TPSA) is 156 Å². The lowest BCUT2D eigenvalue weighted by Crippen LogP contribution is -2.30. The van der Waals surface area contributed by atoms with E-state index in [-0.39, 0.29) is 17.2 Å². The zero-order chi connectivity index (χ0) is 25.3. The number of rotatable bonds is 9. The van der Waals surface area contributed by atoms with Crippen LogP contribution in [0.2, 0.25) is 0 Å². The number of aromatic nitrogens is 2. The van der Waals surface area contributed by atoms with Gasteiger partial charge >= 0.3 is 5.69 Å². The average Bonchev–Trinajstić information content (AvgIpc) is 2.91. The third-order valence-corrected chi connectivity index (χ3v) is 4.82. The standard InChI is InChI=1S/C24H20N8O4/c1-36-20-10-6-5-9-19(20)24(33)31-30-23-21(32(34)35)22(25-15-26-23)27-16-11-13-18(14-12-16)29-28-17-7-3-2-4-8-17/h2-15H,1H3,(H,31,33)(H2,25,26,27,30). The number of ether oxygens (including phenoxy) is 1. The van der Waals surface area contributed by atoms with Crippen LogP contribution >= 0.6 is 0 Å². The molecule has 0 fully saturated rings. The Bertz CT molecular complexity index is 1400. The summed E-state index contributed by atoms with van der Waals surface area (Å²) in [5, 5.41) is 23.0. The first kappa shape index (κ1) is 23.8. The Morgan fingerprint density at radius 2 is 1.53 bits per heavy atom. The summed E-state index contributed by atoms with van der Waals surface area (Å²) in [6, 6.07) is 22.6. The molecule has 0 saturated heterocycles. The summed E-state index contributed by atoms with van der Waals surface area (Å²) < 4.78 is 5.17. The van der Waals surface area contributed by atoms with E-state index >= 15 is 0 Å². The minimum absolute atomic E-state index is 0.0669. The van der Waals surface area contributed by atoms with Crippen molar-refractivity contribution in [3.63, 3.8) is 0 Å². The van der Waals surface area contributed by atoms with E-state index in [9.17, 15) is 14.9 Å². The summed E-state index contributed by atoms with van der Waals surface area (Å²) in [6.07, 6.45) is 1.13. The van der Waals surface area contributed by atoms with Crippen molar-refractivity contribution in [2.24, 2.45) is 10.2 Å². The fraction of sp³-hybridized carbons (Fsp3) is 0.0417. The molecular formula is C24H20N8O4. The average molecular weight is 484 g/mol. The SMILES string of the molecule is COc1ccccc1C(=O)NNc1ncnc(Nc2ccc(N=Nc3ccccc3)cc2)c1[N+](=O)[O-]. The summed E-state index contributed by atoms with van der Waals surface area (Å²) in [5.41, 5.74) is 6.53. The fourth-order valence-corrected chi connectivity index (χ4v) is 3.11. The maximum atomic E-state index is 12.5. The highest BCUT2D eigenvalue weighted by molar-refractivity contribution is 5.97. The van der Waals surface area contributed by atoms with Crippen LogP contribution in [0, 0.1) is 10.1 Å². The number of hydrazine groups is 1. The van der Waals surface area contributed by atoms with Crippen LogP contribution in [-0.2, 0) is 0 Å². The van der Waals surface area contributed by atoms with Crippen LogP contribution in [0.1, 0.15) is 10.4 Å². The van der Waals surface area contributed by atoms with Crippen LogP contribution in [0.25, 0.3) is 0 Å². The van der Waals surface area contributed by atoms with E-state index in [0.717, 1.165) is 6.33 Å². The molecule has 3 aromatic carbocycles. The molecule has 0 saturated carbocycles. The Morgan fingerprint density at radius 1 is 0.889 bits per heavy atom. The van der Waals surface area contributed by atoms with Crippen molar-refractivity contribution in [2.45, 2.75) is 0 Å². The van der Waals surface area contributed by atoms with Crippen LogP contribution in [-0.4, -0.2) is 27.9 Å². The molecule has 0 radical (unpaired) electrons. The molecular weight excluding hydrogens is 464 g/mol. The number of nitrogens with zero attached hydrogens (tertiary/aromatic N) is 5. The molecule has 0 bridgehead atoms. The lowest BCUT2D eigenvalue weighted by atomic mass is 10.2. The van der Waals surface area contributed by atoms with Gasteiger partial charge in [0.2, 0.25) is 11.6 Å². The number of nitro groups is 1. The van der Waals surface area contributed by atoms with E-state index in [1.54, 1.807) is 48.5 Å². The first-order chi connectivity index (χ1) is 17.5. The van der Waals surface area contributed by atoms with Gasteiger partial charge in [0, 0.05) is 5.69 Å². The van der Waals surface area contributed by atoms with Crippen LogP contribution in [0.4, 0.5) is 34.4 Å². The molecule has 0 aliphatic heterocycles.